The Kier molecular flexibility index (Phi) is 33.8. The maximum Gasteiger partial charge on any atom is 0.306 e. The number of allylic oxidation sites excluding steroid dienone is 6. The molecule has 0 saturated heterocycles. The molecular formula is C42H78NO8P. The maximum atomic E-state index is 12.6. The summed E-state index contributed by atoms with van der Waals surface area (Å²) in [6, 6.07) is 0. The van der Waals surface area contributed by atoms with Crippen LogP contribution in [0.1, 0.15) is 168 Å². The van der Waals surface area contributed by atoms with E-state index < -0.39 is 32.5 Å². The Hall–Kier alpha value is -1.77. The number of hydrogen-bond acceptors (Lipinski definition) is 8. The molecule has 0 spiro atoms. The zero-order chi connectivity index (χ0) is 38.6. The van der Waals surface area contributed by atoms with Gasteiger partial charge in [0.25, 0.3) is 7.82 Å². The molecule has 0 fully saturated rings. The molecular weight excluding hydrogens is 677 g/mol. The molecule has 0 aromatic carbocycles. The number of phosphoric acid groups is 1. The fourth-order valence-corrected chi connectivity index (χ4v) is 6.05. The molecule has 0 rings (SSSR count). The van der Waals surface area contributed by atoms with Crippen LogP contribution in [0, 0.1) is 0 Å². The van der Waals surface area contributed by atoms with Gasteiger partial charge in [0, 0.05) is 12.8 Å². The highest BCUT2D eigenvalue weighted by molar-refractivity contribution is 7.45. The molecule has 0 aromatic rings. The number of hydrogen-bond donors (Lipinski definition) is 0. The van der Waals surface area contributed by atoms with Gasteiger partial charge in [-0.25, -0.2) is 0 Å². The second-order valence-corrected chi connectivity index (χ2v) is 16.4. The number of unbranched alkanes of at least 4 members (excludes halogenated alkanes) is 17. The smallest absolute Gasteiger partial charge is 0.306 e. The van der Waals surface area contributed by atoms with Gasteiger partial charge in [0.1, 0.15) is 19.8 Å². The molecule has 10 heteroatoms. The van der Waals surface area contributed by atoms with Crippen LogP contribution in [0.25, 0.3) is 0 Å². The van der Waals surface area contributed by atoms with Gasteiger partial charge in [0.15, 0.2) is 6.10 Å². The SMILES string of the molecule is CCCCC/C=C/C/C=C/CCCCCCCC(=O)OC[C@H](COP(=O)([O-])OCC[N+](C)(C)C)OC(=O)CCCCC/C=C/CCCCCCCC. The summed E-state index contributed by atoms with van der Waals surface area (Å²) in [5, 5.41) is 0. The van der Waals surface area contributed by atoms with Crippen LogP contribution in [-0.4, -0.2) is 70.0 Å². The van der Waals surface area contributed by atoms with Gasteiger partial charge in [0.05, 0.1) is 27.7 Å². The first-order valence-corrected chi connectivity index (χ1v) is 22.2. The second kappa shape index (κ2) is 35.0. The molecule has 0 amide bonds. The standard InChI is InChI=1S/C42H78NO8P/c1-6-8-10-12-14-16-18-20-21-23-24-26-28-30-32-34-41(44)48-38-40(39-50-52(46,47)49-37-36-43(3,4)5)51-42(45)35-33-31-29-27-25-22-19-17-15-13-11-9-7-2/h14,16,20-22,25,40H,6-13,15,17-19,23-24,26-39H2,1-5H3/b16-14+,21-20+,25-22+/t40-/m1/s1. The highest BCUT2D eigenvalue weighted by Crippen LogP contribution is 2.38. The summed E-state index contributed by atoms with van der Waals surface area (Å²) in [4.78, 5) is 37.4. The quantitative estimate of drug-likeness (QED) is 0.0203. The predicted octanol–water partition coefficient (Wildman–Crippen LogP) is 10.7. The van der Waals surface area contributed by atoms with Crippen LogP contribution < -0.4 is 4.89 Å². The monoisotopic (exact) mass is 756 g/mol. The molecule has 0 bridgehead atoms. The lowest BCUT2D eigenvalue weighted by atomic mass is 10.1. The van der Waals surface area contributed by atoms with Gasteiger partial charge in [0.2, 0.25) is 0 Å². The molecule has 0 heterocycles. The van der Waals surface area contributed by atoms with Gasteiger partial charge in [-0.05, 0) is 70.6 Å². The van der Waals surface area contributed by atoms with E-state index in [0.717, 1.165) is 64.2 Å². The first-order chi connectivity index (χ1) is 25.0. The van der Waals surface area contributed by atoms with E-state index in [1.54, 1.807) is 0 Å². The average molecular weight is 756 g/mol. The van der Waals surface area contributed by atoms with Crippen LogP contribution in [0.3, 0.4) is 0 Å². The number of ether oxygens (including phenoxy) is 2. The second-order valence-electron chi connectivity index (χ2n) is 15.0. The van der Waals surface area contributed by atoms with E-state index in [0.29, 0.717) is 23.9 Å². The van der Waals surface area contributed by atoms with Crippen LogP contribution in [0.4, 0.5) is 0 Å². The van der Waals surface area contributed by atoms with E-state index >= 15 is 0 Å². The van der Waals surface area contributed by atoms with Crippen molar-refractivity contribution >= 4 is 19.8 Å². The number of likely N-dealkylation sites (N-methyl/N-ethyl adjacent to an activating group) is 1. The molecule has 0 saturated carbocycles. The van der Waals surface area contributed by atoms with Crippen molar-refractivity contribution in [2.75, 3.05) is 47.5 Å². The van der Waals surface area contributed by atoms with Crippen molar-refractivity contribution in [3.8, 4) is 0 Å². The third-order valence-corrected chi connectivity index (χ3v) is 9.60. The number of nitrogens with zero attached hydrogens (tertiary/aromatic N) is 1. The van der Waals surface area contributed by atoms with E-state index in [1.165, 1.54) is 64.2 Å². The molecule has 0 N–H and O–H groups in total. The summed E-state index contributed by atoms with van der Waals surface area (Å²) in [6.07, 6.45) is 37.4. The molecule has 0 radical (unpaired) electrons. The predicted molar refractivity (Wildman–Crippen MR) is 213 cm³/mol. The Bertz CT molecular complexity index is 991. The van der Waals surface area contributed by atoms with Crippen molar-refractivity contribution in [2.24, 2.45) is 0 Å². The van der Waals surface area contributed by atoms with Gasteiger partial charge in [-0.3, -0.25) is 14.2 Å². The maximum absolute atomic E-state index is 12.6. The van der Waals surface area contributed by atoms with Crippen molar-refractivity contribution in [1.29, 1.82) is 0 Å². The highest BCUT2D eigenvalue weighted by atomic mass is 31.2. The average Bonchev–Trinajstić information content (AvgIpc) is 3.09. The largest absolute Gasteiger partial charge is 0.756 e. The lowest BCUT2D eigenvalue weighted by molar-refractivity contribution is -0.870. The van der Waals surface area contributed by atoms with E-state index in [-0.39, 0.29) is 26.1 Å². The summed E-state index contributed by atoms with van der Waals surface area (Å²) < 4.78 is 33.8. The molecule has 0 aliphatic carbocycles. The van der Waals surface area contributed by atoms with Crippen molar-refractivity contribution in [3.63, 3.8) is 0 Å². The van der Waals surface area contributed by atoms with Crippen molar-refractivity contribution in [2.45, 2.75) is 174 Å². The van der Waals surface area contributed by atoms with Gasteiger partial charge in [-0.1, -0.05) is 121 Å². The fraction of sp³-hybridized carbons (Fsp3) is 0.810. The number of esters is 2. The van der Waals surface area contributed by atoms with Crippen LogP contribution in [0.5, 0.6) is 0 Å². The Morgan fingerprint density at radius 1 is 0.596 bits per heavy atom. The van der Waals surface area contributed by atoms with E-state index in [2.05, 4.69) is 50.3 Å². The number of phosphoric ester groups is 1. The molecule has 52 heavy (non-hydrogen) atoms. The summed E-state index contributed by atoms with van der Waals surface area (Å²) in [6.45, 7) is 4.14. The van der Waals surface area contributed by atoms with Crippen molar-refractivity contribution in [3.05, 3.63) is 36.5 Å². The molecule has 0 aliphatic heterocycles. The Morgan fingerprint density at radius 2 is 1.04 bits per heavy atom. The lowest BCUT2D eigenvalue weighted by Gasteiger charge is -2.28. The van der Waals surface area contributed by atoms with Crippen LogP contribution in [0.15, 0.2) is 36.5 Å². The van der Waals surface area contributed by atoms with Crippen molar-refractivity contribution < 1.29 is 42.1 Å². The van der Waals surface area contributed by atoms with Gasteiger partial charge in [-0.2, -0.15) is 0 Å². The Balaban J connectivity index is 4.44. The Morgan fingerprint density at radius 3 is 1.60 bits per heavy atom. The molecule has 2 atom stereocenters. The molecule has 9 nitrogen and oxygen atoms in total. The summed E-state index contributed by atoms with van der Waals surface area (Å²) in [5.74, 6) is -0.871. The Labute approximate surface area is 319 Å². The first-order valence-electron chi connectivity index (χ1n) is 20.7. The number of carbonyl (C=O) groups is 2. The summed E-state index contributed by atoms with van der Waals surface area (Å²) in [5.41, 5.74) is 0. The van der Waals surface area contributed by atoms with Crippen LogP contribution >= 0.6 is 7.82 Å². The fourth-order valence-electron chi connectivity index (χ4n) is 5.32. The zero-order valence-electron chi connectivity index (χ0n) is 34.0. The third kappa shape index (κ3) is 38.0. The minimum Gasteiger partial charge on any atom is -0.756 e. The van der Waals surface area contributed by atoms with Gasteiger partial charge >= 0.3 is 11.9 Å². The van der Waals surface area contributed by atoms with E-state index in [4.69, 9.17) is 18.5 Å². The summed E-state index contributed by atoms with van der Waals surface area (Å²) >= 11 is 0. The van der Waals surface area contributed by atoms with Crippen LogP contribution in [0.2, 0.25) is 0 Å². The number of carbonyl (C=O) groups excluding carboxylic acids is 2. The van der Waals surface area contributed by atoms with Crippen molar-refractivity contribution in [1.82, 2.24) is 0 Å². The lowest BCUT2D eigenvalue weighted by Crippen LogP contribution is -2.37. The van der Waals surface area contributed by atoms with Gasteiger partial charge in [-0.15, -0.1) is 0 Å². The highest BCUT2D eigenvalue weighted by Gasteiger charge is 2.21. The number of quaternary nitrogens is 1. The van der Waals surface area contributed by atoms with Gasteiger partial charge < -0.3 is 27.9 Å². The molecule has 304 valence electrons. The van der Waals surface area contributed by atoms with E-state index in [9.17, 15) is 19.0 Å². The molecule has 0 aromatic heterocycles. The van der Waals surface area contributed by atoms with E-state index in [1.807, 2.05) is 21.1 Å². The molecule has 0 aliphatic rings. The number of rotatable bonds is 37. The zero-order valence-corrected chi connectivity index (χ0v) is 34.9. The normalized spacial score (nSPS) is 14.0. The topological polar surface area (TPSA) is 111 Å². The minimum atomic E-state index is -4.63. The minimum absolute atomic E-state index is 0.0362. The van der Waals surface area contributed by atoms with Crippen LogP contribution in [-0.2, 0) is 32.7 Å². The summed E-state index contributed by atoms with van der Waals surface area (Å²) in [7, 11) is 1.14. The third-order valence-electron chi connectivity index (χ3n) is 8.63. The molecule has 1 unspecified atom stereocenters. The first kappa shape index (κ1) is 50.2.